The maximum absolute atomic E-state index is 12.7. The number of nitrogens with zero attached hydrogens (tertiary/aromatic N) is 6. The molecule has 9 nitrogen and oxygen atoms in total. The Hall–Kier alpha value is -3.36. The van der Waals surface area contributed by atoms with Gasteiger partial charge in [0.1, 0.15) is 6.54 Å². The third-order valence-electron chi connectivity index (χ3n) is 5.84. The molecule has 1 aromatic carbocycles. The molecule has 2 saturated heterocycles. The highest BCUT2D eigenvalue weighted by Crippen LogP contribution is 2.17. The number of rotatable bonds is 6. The van der Waals surface area contributed by atoms with Crippen molar-refractivity contribution in [3.8, 4) is 0 Å². The molecule has 0 aliphatic carbocycles. The quantitative estimate of drug-likeness (QED) is 0.545. The fourth-order valence-electron chi connectivity index (χ4n) is 4.11. The smallest absolute Gasteiger partial charge is 0.246 e. The molecule has 2 aromatic rings. The first-order valence-electron chi connectivity index (χ1n) is 11.2. The van der Waals surface area contributed by atoms with E-state index in [4.69, 9.17) is 4.99 Å². The molecule has 0 saturated carbocycles. The van der Waals surface area contributed by atoms with Crippen LogP contribution in [0.15, 0.2) is 41.7 Å². The number of hydrogen-bond donors (Lipinski definition) is 1. The highest BCUT2D eigenvalue weighted by atomic mass is 16.2. The van der Waals surface area contributed by atoms with Gasteiger partial charge in [0.25, 0.3) is 0 Å². The van der Waals surface area contributed by atoms with Crippen LogP contribution in [0.5, 0.6) is 0 Å². The molecule has 3 heterocycles. The number of carbonyl (C=O) groups excluding carboxylic acids is 2. The topological polar surface area (TPSA) is 86.1 Å². The molecular formula is C23H31N7O2. The van der Waals surface area contributed by atoms with Crippen LogP contribution in [-0.4, -0.2) is 70.1 Å². The van der Waals surface area contributed by atoms with Crippen molar-refractivity contribution >= 4 is 23.5 Å². The first-order chi connectivity index (χ1) is 15.5. The first-order valence-corrected chi connectivity index (χ1v) is 11.2. The summed E-state index contributed by atoms with van der Waals surface area (Å²) < 4.78 is 1.70. The molecule has 0 atom stereocenters. The maximum Gasteiger partial charge on any atom is 0.246 e. The summed E-state index contributed by atoms with van der Waals surface area (Å²) in [5.41, 5.74) is 3.06. The fraction of sp³-hybridized carbons (Fsp3) is 0.478. The number of carbonyl (C=O) groups is 2. The highest BCUT2D eigenvalue weighted by Gasteiger charge is 2.27. The highest BCUT2D eigenvalue weighted by molar-refractivity contribution is 5.98. The Morgan fingerprint density at radius 2 is 1.88 bits per heavy atom. The van der Waals surface area contributed by atoms with E-state index < -0.39 is 0 Å². The summed E-state index contributed by atoms with van der Waals surface area (Å²) in [6.45, 7) is 6.40. The Balaban J connectivity index is 1.36. The summed E-state index contributed by atoms with van der Waals surface area (Å²) in [6, 6.07) is 8.27. The number of aromatic nitrogens is 2. The fourth-order valence-corrected chi connectivity index (χ4v) is 4.11. The van der Waals surface area contributed by atoms with E-state index in [9.17, 15) is 9.59 Å². The minimum atomic E-state index is 0.0377. The molecule has 170 valence electrons. The zero-order chi connectivity index (χ0) is 22.5. The first kappa shape index (κ1) is 21.9. The van der Waals surface area contributed by atoms with Crippen LogP contribution in [0.25, 0.3) is 0 Å². The second kappa shape index (κ2) is 9.84. The zero-order valence-electron chi connectivity index (χ0n) is 18.8. The van der Waals surface area contributed by atoms with Crippen LogP contribution in [-0.2, 0) is 29.7 Å². The molecule has 1 aromatic heterocycles. The van der Waals surface area contributed by atoms with Crippen molar-refractivity contribution in [3.63, 3.8) is 0 Å². The molecule has 2 fully saturated rings. The van der Waals surface area contributed by atoms with Crippen LogP contribution in [0, 0.1) is 0 Å². The number of hydrogen-bond acceptors (Lipinski definition) is 4. The zero-order valence-corrected chi connectivity index (χ0v) is 18.8. The number of amides is 2. The molecule has 0 unspecified atom stereocenters. The lowest BCUT2D eigenvalue weighted by atomic mass is 10.1. The lowest BCUT2D eigenvalue weighted by molar-refractivity contribution is -0.128. The number of anilines is 1. The van der Waals surface area contributed by atoms with Crippen LogP contribution < -0.4 is 10.2 Å². The van der Waals surface area contributed by atoms with Crippen LogP contribution in [0.2, 0.25) is 0 Å². The van der Waals surface area contributed by atoms with Crippen molar-refractivity contribution in [1.29, 1.82) is 0 Å². The number of nitrogens with one attached hydrogen (secondary N) is 1. The van der Waals surface area contributed by atoms with Crippen molar-refractivity contribution in [3.05, 3.63) is 47.8 Å². The molecule has 2 aliphatic rings. The normalized spacial score (nSPS) is 17.4. The Labute approximate surface area is 188 Å². The van der Waals surface area contributed by atoms with Gasteiger partial charge in [0, 0.05) is 52.4 Å². The monoisotopic (exact) mass is 437 g/mol. The van der Waals surface area contributed by atoms with Gasteiger partial charge in [-0.25, -0.2) is 4.99 Å². The van der Waals surface area contributed by atoms with Gasteiger partial charge in [-0.05, 0) is 24.5 Å². The molecule has 4 rings (SSSR count). The van der Waals surface area contributed by atoms with E-state index in [1.165, 1.54) is 0 Å². The van der Waals surface area contributed by atoms with Crippen LogP contribution >= 0.6 is 0 Å². The molecule has 9 heteroatoms. The number of piperazine rings is 1. The lowest BCUT2D eigenvalue weighted by Crippen LogP contribution is -2.55. The van der Waals surface area contributed by atoms with E-state index in [1.54, 1.807) is 15.8 Å². The SMILES string of the molecule is CCNC(=NCc1ccc(CN2CCCC2=O)cc1)N1CCN(c2cnn(C)c2)C(=O)C1. The number of aryl methyl sites for hydroxylation is 1. The van der Waals surface area contributed by atoms with Gasteiger partial charge < -0.3 is 20.0 Å². The number of benzene rings is 1. The Morgan fingerprint density at radius 3 is 2.50 bits per heavy atom. The van der Waals surface area contributed by atoms with E-state index in [0.29, 0.717) is 32.6 Å². The van der Waals surface area contributed by atoms with E-state index in [1.807, 2.05) is 30.0 Å². The Kier molecular flexibility index (Phi) is 6.72. The Bertz CT molecular complexity index is 982. The minimum absolute atomic E-state index is 0.0377. The third kappa shape index (κ3) is 5.09. The summed E-state index contributed by atoms with van der Waals surface area (Å²) in [6.07, 6.45) is 5.20. The van der Waals surface area contributed by atoms with E-state index in [-0.39, 0.29) is 18.4 Å². The van der Waals surface area contributed by atoms with Gasteiger partial charge in [-0.2, -0.15) is 5.10 Å². The van der Waals surface area contributed by atoms with Crippen molar-refractivity contribution in [2.75, 3.05) is 37.6 Å². The summed E-state index contributed by atoms with van der Waals surface area (Å²) in [7, 11) is 1.85. The summed E-state index contributed by atoms with van der Waals surface area (Å²) in [5.74, 6) is 1.03. The van der Waals surface area contributed by atoms with Gasteiger partial charge in [0.15, 0.2) is 5.96 Å². The second-order valence-electron chi connectivity index (χ2n) is 8.24. The average molecular weight is 438 g/mol. The average Bonchev–Trinajstić information content (AvgIpc) is 3.40. The summed E-state index contributed by atoms with van der Waals surface area (Å²) in [5, 5.41) is 7.48. The van der Waals surface area contributed by atoms with Crippen molar-refractivity contribution in [1.82, 2.24) is 24.9 Å². The van der Waals surface area contributed by atoms with Crippen LogP contribution in [0.3, 0.4) is 0 Å². The summed E-state index contributed by atoms with van der Waals surface area (Å²) >= 11 is 0. The largest absolute Gasteiger partial charge is 0.356 e. The standard InChI is InChI=1S/C23H31N7O2/c1-3-24-23(29-11-12-30(22(32)17-29)20-14-26-27(2)16-20)25-13-18-6-8-19(9-7-18)15-28-10-4-5-21(28)31/h6-9,14,16H,3-5,10-13,15,17H2,1-2H3,(H,24,25). The van der Waals surface area contributed by atoms with Crippen molar-refractivity contribution < 1.29 is 9.59 Å². The van der Waals surface area contributed by atoms with Gasteiger partial charge in [-0.3, -0.25) is 14.3 Å². The van der Waals surface area contributed by atoms with Gasteiger partial charge in [0.2, 0.25) is 11.8 Å². The van der Waals surface area contributed by atoms with E-state index in [2.05, 4.69) is 34.7 Å². The molecule has 1 N–H and O–H groups in total. The predicted octanol–water partition coefficient (Wildman–Crippen LogP) is 1.36. The van der Waals surface area contributed by atoms with E-state index in [0.717, 1.165) is 42.3 Å². The van der Waals surface area contributed by atoms with Crippen LogP contribution in [0.1, 0.15) is 30.9 Å². The molecule has 2 amide bonds. The molecule has 0 spiro atoms. The lowest BCUT2D eigenvalue weighted by Gasteiger charge is -2.35. The molecule has 2 aliphatic heterocycles. The summed E-state index contributed by atoms with van der Waals surface area (Å²) in [4.78, 5) is 35.0. The van der Waals surface area contributed by atoms with Gasteiger partial charge in [0.05, 0.1) is 18.4 Å². The molecule has 0 bridgehead atoms. The van der Waals surface area contributed by atoms with E-state index >= 15 is 0 Å². The predicted molar refractivity (Wildman–Crippen MR) is 123 cm³/mol. The number of aliphatic imine (C=N–C) groups is 1. The third-order valence-corrected chi connectivity index (χ3v) is 5.84. The minimum Gasteiger partial charge on any atom is -0.356 e. The molecular weight excluding hydrogens is 406 g/mol. The van der Waals surface area contributed by atoms with Gasteiger partial charge >= 0.3 is 0 Å². The van der Waals surface area contributed by atoms with Gasteiger partial charge in [-0.15, -0.1) is 0 Å². The van der Waals surface area contributed by atoms with Crippen molar-refractivity contribution in [2.45, 2.75) is 32.9 Å². The molecule has 32 heavy (non-hydrogen) atoms. The number of likely N-dealkylation sites (tertiary alicyclic amines) is 1. The second-order valence-corrected chi connectivity index (χ2v) is 8.24. The molecule has 0 radical (unpaired) electrons. The van der Waals surface area contributed by atoms with Gasteiger partial charge in [-0.1, -0.05) is 24.3 Å². The maximum atomic E-state index is 12.7. The van der Waals surface area contributed by atoms with Crippen LogP contribution in [0.4, 0.5) is 5.69 Å². The van der Waals surface area contributed by atoms with Crippen molar-refractivity contribution in [2.24, 2.45) is 12.0 Å². The number of guanidine groups is 1. The Morgan fingerprint density at radius 1 is 1.09 bits per heavy atom.